The number of aromatic amines is 1. The van der Waals surface area contributed by atoms with Crippen molar-refractivity contribution in [1.29, 1.82) is 0 Å². The van der Waals surface area contributed by atoms with Gasteiger partial charge in [-0.1, -0.05) is 47.7 Å². The minimum absolute atomic E-state index is 0.188. The Balaban J connectivity index is 2.13. The van der Waals surface area contributed by atoms with Crippen LogP contribution in [-0.2, 0) is 0 Å². The molecule has 2 heterocycles. The zero-order valence-corrected chi connectivity index (χ0v) is 11.6. The molecule has 4 aromatic rings. The smallest absolute Gasteiger partial charge is 0.181 e. The fourth-order valence-corrected chi connectivity index (χ4v) is 3.63. The van der Waals surface area contributed by atoms with E-state index in [-0.39, 0.29) is 5.06 Å². The van der Waals surface area contributed by atoms with Crippen LogP contribution in [0.3, 0.4) is 0 Å². The number of aromatic nitrogens is 1. The molecule has 4 nitrogen and oxygen atoms in total. The standard InChI is InChI=1S/C16H10N2O2S/c19-16-13(10-6-2-4-8-12(10)21-16)15-14(18-20)9-5-1-3-7-11(9)17-15/h1-8,17,19H. The maximum Gasteiger partial charge on any atom is 0.181 e. The third-order valence-electron chi connectivity index (χ3n) is 3.60. The monoisotopic (exact) mass is 294 g/mol. The highest BCUT2D eigenvalue weighted by Crippen LogP contribution is 2.48. The molecule has 102 valence electrons. The first-order valence-corrected chi connectivity index (χ1v) is 7.26. The molecule has 0 fully saturated rings. The highest BCUT2D eigenvalue weighted by atomic mass is 32.1. The third kappa shape index (κ3) is 1.68. The van der Waals surface area contributed by atoms with Gasteiger partial charge in [0, 0.05) is 21.0 Å². The van der Waals surface area contributed by atoms with Gasteiger partial charge in [0.25, 0.3) is 0 Å². The van der Waals surface area contributed by atoms with Gasteiger partial charge in [0.1, 0.15) is 5.69 Å². The van der Waals surface area contributed by atoms with Gasteiger partial charge in [0.05, 0.1) is 11.3 Å². The molecule has 0 saturated heterocycles. The molecule has 0 spiro atoms. The molecule has 0 amide bonds. The van der Waals surface area contributed by atoms with Crippen LogP contribution in [0.25, 0.3) is 32.2 Å². The van der Waals surface area contributed by atoms with Gasteiger partial charge in [0.15, 0.2) is 5.06 Å². The molecule has 0 radical (unpaired) electrons. The van der Waals surface area contributed by atoms with Gasteiger partial charge in [-0.25, -0.2) is 0 Å². The van der Waals surface area contributed by atoms with E-state index < -0.39 is 0 Å². The Labute approximate surface area is 123 Å². The number of aromatic hydroxyl groups is 1. The number of benzene rings is 2. The van der Waals surface area contributed by atoms with Crippen LogP contribution in [0.1, 0.15) is 0 Å². The maximum absolute atomic E-state index is 11.3. The molecule has 2 N–H and O–H groups in total. The first-order valence-electron chi connectivity index (χ1n) is 6.44. The van der Waals surface area contributed by atoms with Crippen molar-refractivity contribution in [2.45, 2.75) is 0 Å². The fourth-order valence-electron chi connectivity index (χ4n) is 2.68. The quantitative estimate of drug-likeness (QED) is 0.502. The Bertz CT molecular complexity index is 984. The minimum Gasteiger partial charge on any atom is -0.499 e. The van der Waals surface area contributed by atoms with Crippen LogP contribution in [0.15, 0.2) is 53.7 Å². The highest BCUT2D eigenvalue weighted by molar-refractivity contribution is 7.21. The van der Waals surface area contributed by atoms with Crippen LogP contribution in [0.4, 0.5) is 5.69 Å². The van der Waals surface area contributed by atoms with E-state index in [9.17, 15) is 10.0 Å². The number of thiophene rings is 1. The number of hydrogen-bond acceptors (Lipinski definition) is 4. The molecule has 0 aliphatic carbocycles. The molecule has 0 aliphatic heterocycles. The maximum atomic E-state index is 11.3. The van der Waals surface area contributed by atoms with Crippen LogP contribution in [0.5, 0.6) is 5.06 Å². The number of hydrogen-bond donors (Lipinski definition) is 2. The van der Waals surface area contributed by atoms with E-state index in [1.807, 2.05) is 48.5 Å². The predicted molar refractivity (Wildman–Crippen MR) is 86.2 cm³/mol. The van der Waals surface area contributed by atoms with Gasteiger partial charge < -0.3 is 10.1 Å². The summed E-state index contributed by atoms with van der Waals surface area (Å²) in [6.07, 6.45) is 0. The van der Waals surface area contributed by atoms with E-state index in [4.69, 9.17) is 0 Å². The van der Waals surface area contributed by atoms with Crippen molar-refractivity contribution in [1.82, 2.24) is 4.98 Å². The average Bonchev–Trinajstić information content (AvgIpc) is 3.02. The number of rotatable bonds is 2. The minimum atomic E-state index is 0.188. The van der Waals surface area contributed by atoms with E-state index in [0.717, 1.165) is 21.0 Å². The van der Waals surface area contributed by atoms with Crippen molar-refractivity contribution in [3.05, 3.63) is 53.4 Å². The van der Waals surface area contributed by atoms with Crippen molar-refractivity contribution in [3.63, 3.8) is 0 Å². The lowest BCUT2D eigenvalue weighted by Gasteiger charge is -1.98. The lowest BCUT2D eigenvalue weighted by molar-refractivity contribution is 0.493. The van der Waals surface area contributed by atoms with E-state index in [2.05, 4.69) is 10.2 Å². The van der Waals surface area contributed by atoms with Gasteiger partial charge in [-0.05, 0) is 17.3 Å². The van der Waals surface area contributed by atoms with Crippen LogP contribution in [0, 0.1) is 4.91 Å². The van der Waals surface area contributed by atoms with Crippen LogP contribution >= 0.6 is 11.3 Å². The molecule has 21 heavy (non-hydrogen) atoms. The highest BCUT2D eigenvalue weighted by Gasteiger charge is 2.20. The van der Waals surface area contributed by atoms with E-state index >= 15 is 0 Å². The van der Waals surface area contributed by atoms with E-state index in [1.165, 1.54) is 11.3 Å². The Hall–Kier alpha value is -2.66. The number of nitrogens with one attached hydrogen (secondary N) is 1. The Morgan fingerprint density at radius 3 is 2.52 bits per heavy atom. The summed E-state index contributed by atoms with van der Waals surface area (Å²) in [5.74, 6) is 0. The average molecular weight is 294 g/mol. The molecule has 4 rings (SSSR count). The topological polar surface area (TPSA) is 65.4 Å². The summed E-state index contributed by atoms with van der Waals surface area (Å²) >= 11 is 1.29. The van der Waals surface area contributed by atoms with Crippen molar-refractivity contribution in [2.75, 3.05) is 0 Å². The molecule has 0 unspecified atom stereocenters. The summed E-state index contributed by atoms with van der Waals surface area (Å²) in [4.78, 5) is 14.5. The summed E-state index contributed by atoms with van der Waals surface area (Å²) in [7, 11) is 0. The summed E-state index contributed by atoms with van der Waals surface area (Å²) in [6.45, 7) is 0. The number of nitrogens with zero attached hydrogens (tertiary/aromatic N) is 1. The molecule has 2 aromatic heterocycles. The Morgan fingerprint density at radius 1 is 1.00 bits per heavy atom. The largest absolute Gasteiger partial charge is 0.499 e. The summed E-state index contributed by atoms with van der Waals surface area (Å²) in [5, 5.41) is 15.3. The second kappa shape index (κ2) is 4.43. The number of nitroso groups, excluding NO2 is 1. The SMILES string of the molecule is O=Nc1c(-c2c(O)sc3ccccc23)[nH]c2ccccc12. The van der Waals surface area contributed by atoms with Crippen molar-refractivity contribution in [2.24, 2.45) is 5.18 Å². The molecule has 0 saturated carbocycles. The lowest BCUT2D eigenvalue weighted by Crippen LogP contribution is -1.76. The van der Waals surface area contributed by atoms with Crippen LogP contribution in [0.2, 0.25) is 0 Å². The zero-order chi connectivity index (χ0) is 14.4. The van der Waals surface area contributed by atoms with Crippen LogP contribution < -0.4 is 0 Å². The van der Waals surface area contributed by atoms with E-state index in [1.54, 1.807) is 0 Å². The second-order valence-corrected chi connectivity index (χ2v) is 5.79. The Morgan fingerprint density at radius 2 is 1.71 bits per heavy atom. The molecular weight excluding hydrogens is 284 g/mol. The van der Waals surface area contributed by atoms with Gasteiger partial charge in [-0.2, -0.15) is 0 Å². The number of para-hydroxylation sites is 1. The molecule has 0 aliphatic rings. The normalized spacial score (nSPS) is 11.2. The van der Waals surface area contributed by atoms with Gasteiger partial charge in [-0.15, -0.1) is 4.91 Å². The van der Waals surface area contributed by atoms with E-state index in [0.29, 0.717) is 16.9 Å². The molecule has 2 aromatic carbocycles. The van der Waals surface area contributed by atoms with Crippen LogP contribution in [-0.4, -0.2) is 10.1 Å². The van der Waals surface area contributed by atoms with Gasteiger partial charge >= 0.3 is 0 Å². The second-order valence-electron chi connectivity index (χ2n) is 4.76. The predicted octanol–water partition coefficient (Wildman–Crippen LogP) is 5.15. The lowest BCUT2D eigenvalue weighted by atomic mass is 10.1. The first-order chi connectivity index (χ1) is 10.3. The van der Waals surface area contributed by atoms with Gasteiger partial charge in [0.2, 0.25) is 0 Å². The summed E-state index contributed by atoms with van der Waals surface area (Å²) in [5.41, 5.74) is 2.38. The summed E-state index contributed by atoms with van der Waals surface area (Å²) in [6, 6.07) is 15.2. The number of fused-ring (bicyclic) bond motifs is 2. The molecular formula is C16H10N2O2S. The summed E-state index contributed by atoms with van der Waals surface area (Å²) < 4.78 is 0.973. The molecule has 0 atom stereocenters. The van der Waals surface area contributed by atoms with Crippen molar-refractivity contribution >= 4 is 38.0 Å². The fraction of sp³-hybridized carbons (Fsp3) is 0. The van der Waals surface area contributed by atoms with Gasteiger partial charge in [-0.3, -0.25) is 0 Å². The molecule has 5 heteroatoms. The third-order valence-corrected chi connectivity index (χ3v) is 4.57. The number of H-pyrrole nitrogens is 1. The zero-order valence-electron chi connectivity index (χ0n) is 10.8. The van der Waals surface area contributed by atoms with Crippen molar-refractivity contribution < 1.29 is 5.11 Å². The first kappa shape index (κ1) is 12.1. The Kier molecular flexibility index (Phi) is 2.55. The van der Waals surface area contributed by atoms with Crippen molar-refractivity contribution in [3.8, 4) is 16.3 Å². The molecule has 0 bridgehead atoms.